The summed E-state index contributed by atoms with van der Waals surface area (Å²) in [5.41, 5.74) is 2.47. The van der Waals surface area contributed by atoms with Crippen molar-refractivity contribution in [2.75, 3.05) is 0 Å². The minimum absolute atomic E-state index is 1.22. The Balaban J connectivity index is 1.83. The van der Waals surface area contributed by atoms with Gasteiger partial charge in [0.2, 0.25) is 0 Å². The lowest BCUT2D eigenvalue weighted by molar-refractivity contribution is 1.66. The first-order chi connectivity index (χ1) is 9.93. The zero-order valence-electron chi connectivity index (χ0n) is 11.2. The van der Waals surface area contributed by atoms with Gasteiger partial charge in [0, 0.05) is 0 Å². The van der Waals surface area contributed by atoms with E-state index >= 15 is 0 Å². The van der Waals surface area contributed by atoms with Crippen molar-refractivity contribution in [3.05, 3.63) is 96.1 Å². The Morgan fingerprint density at radius 3 is 2.15 bits per heavy atom. The summed E-state index contributed by atoms with van der Waals surface area (Å²) in [6.45, 7) is 0. The Hall–Kier alpha value is -2.60. The average molecular weight is 256 g/mol. The minimum Gasteiger partial charge on any atom is -0.0622 e. The summed E-state index contributed by atoms with van der Waals surface area (Å²) in [5, 5.41) is 2.57. The van der Waals surface area contributed by atoms with E-state index in [2.05, 4.69) is 78.9 Å². The average Bonchev–Trinajstić information content (AvgIpc) is 2.53. The van der Waals surface area contributed by atoms with Crippen LogP contribution in [0.25, 0.3) is 22.9 Å². The summed E-state index contributed by atoms with van der Waals surface area (Å²) in [6, 6.07) is 25.2. The van der Waals surface area contributed by atoms with E-state index in [9.17, 15) is 0 Å². The molecule has 3 aromatic rings. The van der Waals surface area contributed by atoms with Gasteiger partial charge in [0.25, 0.3) is 0 Å². The van der Waals surface area contributed by atoms with E-state index in [0.29, 0.717) is 0 Å². The number of benzene rings is 3. The van der Waals surface area contributed by atoms with E-state index in [1.54, 1.807) is 0 Å². The van der Waals surface area contributed by atoms with Gasteiger partial charge < -0.3 is 0 Å². The second kappa shape index (κ2) is 6.03. The fourth-order valence-electron chi connectivity index (χ4n) is 2.29. The fourth-order valence-corrected chi connectivity index (χ4v) is 2.29. The maximum atomic E-state index is 2.16. The van der Waals surface area contributed by atoms with Crippen molar-refractivity contribution >= 4 is 22.9 Å². The second-order valence-corrected chi connectivity index (χ2v) is 4.70. The molecule has 0 amide bonds. The molecule has 0 saturated carbocycles. The van der Waals surface area contributed by atoms with Crippen molar-refractivity contribution in [3.63, 3.8) is 0 Å². The van der Waals surface area contributed by atoms with E-state index in [1.807, 2.05) is 18.2 Å². The SMILES string of the molecule is C(/C=C/c1cccc2ccccc12)=C\c1ccccc1. The second-order valence-electron chi connectivity index (χ2n) is 4.70. The van der Waals surface area contributed by atoms with E-state index in [4.69, 9.17) is 0 Å². The van der Waals surface area contributed by atoms with Gasteiger partial charge >= 0.3 is 0 Å². The number of allylic oxidation sites excluding steroid dienone is 2. The fraction of sp³-hybridized carbons (Fsp3) is 0. The summed E-state index contributed by atoms with van der Waals surface area (Å²) in [4.78, 5) is 0. The molecule has 0 heteroatoms. The molecule has 0 aliphatic carbocycles. The molecule has 0 bridgehead atoms. The summed E-state index contributed by atoms with van der Waals surface area (Å²) in [6.07, 6.45) is 8.44. The Bertz CT molecular complexity index is 744. The number of fused-ring (bicyclic) bond motifs is 1. The highest BCUT2D eigenvalue weighted by Gasteiger charge is 1.95. The van der Waals surface area contributed by atoms with Crippen LogP contribution in [0.3, 0.4) is 0 Å². The predicted octanol–water partition coefficient (Wildman–Crippen LogP) is 5.57. The van der Waals surface area contributed by atoms with Gasteiger partial charge in [-0.3, -0.25) is 0 Å². The molecular formula is C20H16. The van der Waals surface area contributed by atoms with Gasteiger partial charge in [-0.25, -0.2) is 0 Å². The highest BCUT2D eigenvalue weighted by Crippen LogP contribution is 2.19. The Labute approximate surface area is 119 Å². The van der Waals surface area contributed by atoms with Crippen molar-refractivity contribution < 1.29 is 0 Å². The standard InChI is InChI=1S/C20H16/c1-2-9-17(10-3-1)11-4-5-12-18-14-8-15-19-13-6-7-16-20(18)19/h1-16H/b11-4+,12-5+. The van der Waals surface area contributed by atoms with Crippen LogP contribution in [0.5, 0.6) is 0 Å². The Morgan fingerprint density at radius 1 is 0.550 bits per heavy atom. The normalized spacial score (nSPS) is 11.6. The van der Waals surface area contributed by atoms with E-state index in [0.717, 1.165) is 0 Å². The van der Waals surface area contributed by atoms with Gasteiger partial charge in [-0.2, -0.15) is 0 Å². The van der Waals surface area contributed by atoms with Crippen LogP contribution in [-0.4, -0.2) is 0 Å². The third kappa shape index (κ3) is 2.86. The van der Waals surface area contributed by atoms with Gasteiger partial charge in [-0.1, -0.05) is 97.1 Å². The van der Waals surface area contributed by atoms with Crippen LogP contribution >= 0.6 is 0 Å². The van der Waals surface area contributed by atoms with Crippen LogP contribution in [0.2, 0.25) is 0 Å². The molecule has 0 unspecified atom stereocenters. The summed E-state index contributed by atoms with van der Waals surface area (Å²) < 4.78 is 0. The van der Waals surface area contributed by atoms with Crippen molar-refractivity contribution in [1.29, 1.82) is 0 Å². The van der Waals surface area contributed by atoms with Crippen LogP contribution in [-0.2, 0) is 0 Å². The lowest BCUT2D eigenvalue weighted by Gasteiger charge is -2.00. The molecule has 3 aromatic carbocycles. The molecule has 0 spiro atoms. The topological polar surface area (TPSA) is 0 Å². The molecule has 0 heterocycles. The molecule has 96 valence electrons. The molecule has 0 saturated heterocycles. The third-order valence-electron chi connectivity index (χ3n) is 3.30. The first-order valence-corrected chi connectivity index (χ1v) is 6.81. The van der Waals surface area contributed by atoms with E-state index in [1.165, 1.54) is 21.9 Å². The Morgan fingerprint density at radius 2 is 1.25 bits per heavy atom. The maximum Gasteiger partial charge on any atom is -0.0111 e. The smallest absolute Gasteiger partial charge is 0.0111 e. The Kier molecular flexibility index (Phi) is 3.75. The number of hydrogen-bond donors (Lipinski definition) is 0. The highest BCUT2D eigenvalue weighted by molar-refractivity contribution is 5.90. The zero-order chi connectivity index (χ0) is 13.6. The molecule has 0 atom stereocenters. The molecule has 3 rings (SSSR count). The van der Waals surface area contributed by atoms with Crippen LogP contribution in [0.15, 0.2) is 84.9 Å². The van der Waals surface area contributed by atoms with Gasteiger partial charge in [0.1, 0.15) is 0 Å². The summed E-state index contributed by atoms with van der Waals surface area (Å²) in [7, 11) is 0. The molecule has 0 nitrogen and oxygen atoms in total. The first kappa shape index (κ1) is 12.4. The molecule has 0 fully saturated rings. The van der Waals surface area contributed by atoms with Crippen molar-refractivity contribution in [1.82, 2.24) is 0 Å². The molecule has 0 N–H and O–H groups in total. The molecule has 0 aromatic heterocycles. The lowest BCUT2D eigenvalue weighted by atomic mass is 10.0. The molecule has 20 heavy (non-hydrogen) atoms. The summed E-state index contributed by atoms with van der Waals surface area (Å²) >= 11 is 0. The molecule has 0 aliphatic rings. The van der Waals surface area contributed by atoms with Crippen molar-refractivity contribution in [3.8, 4) is 0 Å². The first-order valence-electron chi connectivity index (χ1n) is 6.81. The number of hydrogen-bond acceptors (Lipinski definition) is 0. The maximum absolute atomic E-state index is 2.16. The minimum atomic E-state index is 1.22. The van der Waals surface area contributed by atoms with Gasteiger partial charge in [-0.05, 0) is 21.9 Å². The number of rotatable bonds is 3. The van der Waals surface area contributed by atoms with E-state index in [-0.39, 0.29) is 0 Å². The van der Waals surface area contributed by atoms with Crippen molar-refractivity contribution in [2.45, 2.75) is 0 Å². The van der Waals surface area contributed by atoms with Gasteiger partial charge in [0.05, 0.1) is 0 Å². The van der Waals surface area contributed by atoms with Crippen LogP contribution in [0.4, 0.5) is 0 Å². The van der Waals surface area contributed by atoms with E-state index < -0.39 is 0 Å². The third-order valence-corrected chi connectivity index (χ3v) is 3.30. The van der Waals surface area contributed by atoms with Crippen LogP contribution in [0.1, 0.15) is 11.1 Å². The lowest BCUT2D eigenvalue weighted by Crippen LogP contribution is -1.76. The predicted molar refractivity (Wildman–Crippen MR) is 88.5 cm³/mol. The molecule has 0 aliphatic heterocycles. The summed E-state index contributed by atoms with van der Waals surface area (Å²) in [5.74, 6) is 0. The monoisotopic (exact) mass is 256 g/mol. The highest BCUT2D eigenvalue weighted by atomic mass is 14.0. The largest absolute Gasteiger partial charge is 0.0622 e. The quantitative estimate of drug-likeness (QED) is 0.538. The zero-order valence-corrected chi connectivity index (χ0v) is 11.2. The van der Waals surface area contributed by atoms with Gasteiger partial charge in [0.15, 0.2) is 0 Å². The van der Waals surface area contributed by atoms with Crippen LogP contribution < -0.4 is 0 Å². The van der Waals surface area contributed by atoms with Crippen LogP contribution in [0, 0.1) is 0 Å². The molecular weight excluding hydrogens is 240 g/mol. The van der Waals surface area contributed by atoms with Crippen molar-refractivity contribution in [2.24, 2.45) is 0 Å². The van der Waals surface area contributed by atoms with Gasteiger partial charge in [-0.15, -0.1) is 0 Å². The molecule has 0 radical (unpaired) electrons.